The quantitative estimate of drug-likeness (QED) is 0.560. The van der Waals surface area contributed by atoms with Crippen LogP contribution in [0.4, 0.5) is 5.82 Å². The van der Waals surface area contributed by atoms with Gasteiger partial charge in [-0.15, -0.1) is 11.3 Å². The largest absolute Gasteiger partial charge is 0.368 e. The van der Waals surface area contributed by atoms with Crippen LogP contribution in [0, 0.1) is 13.8 Å². The van der Waals surface area contributed by atoms with Gasteiger partial charge in [0.1, 0.15) is 5.82 Å². The summed E-state index contributed by atoms with van der Waals surface area (Å²) in [4.78, 5) is 15.6. The van der Waals surface area contributed by atoms with Gasteiger partial charge < -0.3 is 5.32 Å². The number of pyridine rings is 1. The highest BCUT2D eigenvalue weighted by Gasteiger charge is 2.21. The van der Waals surface area contributed by atoms with Gasteiger partial charge in [0.25, 0.3) is 0 Å². The molecule has 152 valence electrons. The monoisotopic (exact) mass is 429 g/mol. The van der Waals surface area contributed by atoms with Crippen molar-refractivity contribution in [1.82, 2.24) is 19.7 Å². The fourth-order valence-electron chi connectivity index (χ4n) is 3.53. The molecule has 0 unspecified atom stereocenters. The molecule has 7 nitrogen and oxygen atoms in total. The first-order valence-corrected chi connectivity index (χ1v) is 11.8. The average molecular weight is 430 g/mol. The molecule has 0 amide bonds. The number of fused-ring (bicyclic) bond motifs is 1. The highest BCUT2D eigenvalue weighted by molar-refractivity contribution is 7.89. The van der Waals surface area contributed by atoms with Crippen molar-refractivity contribution in [2.45, 2.75) is 38.0 Å². The molecule has 1 aliphatic rings. The van der Waals surface area contributed by atoms with Crippen LogP contribution in [0.15, 0.2) is 35.5 Å². The molecule has 0 bridgehead atoms. The Bertz CT molecular complexity index is 1130. The number of rotatable bonds is 7. The molecule has 29 heavy (non-hydrogen) atoms. The third kappa shape index (κ3) is 4.31. The minimum absolute atomic E-state index is 0.278. The zero-order valence-electron chi connectivity index (χ0n) is 16.4. The van der Waals surface area contributed by atoms with Crippen LogP contribution in [-0.2, 0) is 22.9 Å². The van der Waals surface area contributed by atoms with Gasteiger partial charge in [-0.2, -0.15) is 0 Å². The van der Waals surface area contributed by atoms with E-state index in [1.54, 1.807) is 18.5 Å². The van der Waals surface area contributed by atoms with Gasteiger partial charge in [0.05, 0.1) is 4.90 Å². The van der Waals surface area contributed by atoms with Crippen molar-refractivity contribution in [3.8, 4) is 11.4 Å². The van der Waals surface area contributed by atoms with E-state index in [-0.39, 0.29) is 6.54 Å². The van der Waals surface area contributed by atoms with Gasteiger partial charge in [0.2, 0.25) is 10.0 Å². The first kappa shape index (κ1) is 19.9. The summed E-state index contributed by atoms with van der Waals surface area (Å²) in [6.07, 6.45) is 6.38. The Morgan fingerprint density at radius 2 is 1.90 bits per heavy atom. The molecule has 0 saturated carbocycles. The highest BCUT2D eigenvalue weighted by Crippen LogP contribution is 2.29. The smallest absolute Gasteiger partial charge is 0.241 e. The third-order valence-electron chi connectivity index (χ3n) is 4.87. The molecule has 0 aliphatic heterocycles. The minimum atomic E-state index is -3.51. The van der Waals surface area contributed by atoms with Crippen LogP contribution in [0.3, 0.4) is 0 Å². The number of aromatic nitrogens is 3. The molecular weight excluding hydrogens is 406 g/mol. The van der Waals surface area contributed by atoms with E-state index in [2.05, 4.69) is 15.0 Å². The first-order chi connectivity index (χ1) is 13.9. The van der Waals surface area contributed by atoms with Gasteiger partial charge >= 0.3 is 0 Å². The summed E-state index contributed by atoms with van der Waals surface area (Å²) in [5.41, 5.74) is 3.12. The average Bonchev–Trinajstić information content (AvgIpc) is 3.31. The van der Waals surface area contributed by atoms with Gasteiger partial charge in [0.15, 0.2) is 5.82 Å². The van der Waals surface area contributed by atoms with E-state index in [1.165, 1.54) is 11.3 Å². The lowest BCUT2D eigenvalue weighted by molar-refractivity contribution is 0.582. The lowest BCUT2D eigenvalue weighted by Gasteiger charge is -2.13. The van der Waals surface area contributed by atoms with Crippen molar-refractivity contribution < 1.29 is 8.42 Å². The van der Waals surface area contributed by atoms with Gasteiger partial charge in [0, 0.05) is 52.1 Å². The molecule has 0 saturated heterocycles. The molecule has 3 aromatic heterocycles. The predicted molar refractivity (Wildman–Crippen MR) is 115 cm³/mol. The number of anilines is 1. The van der Waals surface area contributed by atoms with Gasteiger partial charge in [-0.1, -0.05) is 0 Å². The van der Waals surface area contributed by atoms with Gasteiger partial charge in [-0.25, -0.2) is 23.1 Å². The number of nitrogens with zero attached hydrogens (tertiary/aromatic N) is 3. The molecule has 0 fully saturated rings. The number of hydrogen-bond acceptors (Lipinski definition) is 7. The lowest BCUT2D eigenvalue weighted by Crippen LogP contribution is -2.29. The molecule has 9 heteroatoms. The van der Waals surface area contributed by atoms with Crippen molar-refractivity contribution in [2.75, 3.05) is 18.4 Å². The Kier molecular flexibility index (Phi) is 5.62. The van der Waals surface area contributed by atoms with Crippen molar-refractivity contribution in [2.24, 2.45) is 0 Å². The fraction of sp³-hybridized carbons (Fsp3) is 0.350. The summed E-state index contributed by atoms with van der Waals surface area (Å²) in [5, 5.41) is 3.31. The molecule has 0 radical (unpaired) electrons. The van der Waals surface area contributed by atoms with Crippen LogP contribution in [0.25, 0.3) is 11.4 Å². The molecule has 2 N–H and O–H groups in total. The molecule has 0 aromatic carbocycles. The van der Waals surface area contributed by atoms with Crippen LogP contribution in [0.1, 0.15) is 27.4 Å². The van der Waals surface area contributed by atoms with Gasteiger partial charge in [-0.3, -0.25) is 4.98 Å². The Labute approximate surface area is 174 Å². The SMILES string of the molecule is Cc1cc(S(=O)(=O)NCCNc2nc(-c3ccncc3)nc3c2CCC3)c(C)s1. The fourth-order valence-corrected chi connectivity index (χ4v) is 6.11. The molecule has 0 spiro atoms. The first-order valence-electron chi connectivity index (χ1n) is 9.55. The second kappa shape index (κ2) is 8.17. The van der Waals surface area contributed by atoms with Crippen molar-refractivity contribution in [3.05, 3.63) is 51.6 Å². The normalized spacial score (nSPS) is 13.4. The van der Waals surface area contributed by atoms with Crippen LogP contribution < -0.4 is 10.0 Å². The number of aryl methyl sites for hydroxylation is 3. The van der Waals surface area contributed by atoms with Gasteiger partial charge in [-0.05, 0) is 51.3 Å². The standard InChI is InChI=1S/C20H23N5O2S2/c1-13-12-18(14(2)28-13)29(26,27)23-11-10-22-20-16-4-3-5-17(16)24-19(25-20)15-6-8-21-9-7-15/h6-9,12,23H,3-5,10-11H2,1-2H3,(H,22,24,25). The predicted octanol–water partition coefficient (Wildman–Crippen LogP) is 3.10. The Hall–Kier alpha value is -2.36. The molecule has 1 aliphatic carbocycles. The zero-order chi connectivity index (χ0) is 20.4. The summed E-state index contributed by atoms with van der Waals surface area (Å²) in [6.45, 7) is 4.46. The number of hydrogen-bond donors (Lipinski definition) is 2. The third-order valence-corrected chi connectivity index (χ3v) is 7.55. The summed E-state index contributed by atoms with van der Waals surface area (Å²) < 4.78 is 27.8. The van der Waals surface area contributed by atoms with Crippen molar-refractivity contribution in [3.63, 3.8) is 0 Å². The molecule has 3 heterocycles. The van der Waals surface area contributed by atoms with E-state index >= 15 is 0 Å². The summed E-state index contributed by atoms with van der Waals surface area (Å²) in [5.74, 6) is 1.46. The van der Waals surface area contributed by atoms with Crippen molar-refractivity contribution in [1.29, 1.82) is 0 Å². The Balaban J connectivity index is 1.46. The topological polar surface area (TPSA) is 96.9 Å². The highest BCUT2D eigenvalue weighted by atomic mass is 32.2. The number of nitrogens with one attached hydrogen (secondary N) is 2. The molecular formula is C20H23N5O2S2. The second-order valence-corrected chi connectivity index (χ2v) is 10.2. The molecule has 3 aromatic rings. The van der Waals surface area contributed by atoms with E-state index in [4.69, 9.17) is 9.97 Å². The Morgan fingerprint density at radius 3 is 2.62 bits per heavy atom. The van der Waals surface area contributed by atoms with Crippen molar-refractivity contribution >= 4 is 27.2 Å². The zero-order valence-corrected chi connectivity index (χ0v) is 18.0. The summed E-state index contributed by atoms with van der Waals surface area (Å²) in [6, 6.07) is 5.49. The van der Waals surface area contributed by atoms with E-state index in [0.29, 0.717) is 17.3 Å². The Morgan fingerprint density at radius 1 is 1.10 bits per heavy atom. The van der Waals surface area contributed by atoms with E-state index in [9.17, 15) is 8.42 Å². The maximum Gasteiger partial charge on any atom is 0.241 e. The second-order valence-electron chi connectivity index (χ2n) is 7.01. The van der Waals surface area contributed by atoms with Crippen LogP contribution in [-0.4, -0.2) is 36.5 Å². The number of sulfonamides is 1. The number of thiophene rings is 1. The molecule has 0 atom stereocenters. The lowest BCUT2D eigenvalue weighted by atomic mass is 10.2. The maximum absolute atomic E-state index is 12.5. The summed E-state index contributed by atoms with van der Waals surface area (Å²) in [7, 11) is -3.51. The van der Waals surface area contributed by atoms with Crippen LogP contribution >= 0.6 is 11.3 Å². The minimum Gasteiger partial charge on any atom is -0.368 e. The molecule has 4 rings (SSSR count). The maximum atomic E-state index is 12.5. The van der Waals surface area contributed by atoms with E-state index < -0.39 is 10.0 Å². The van der Waals surface area contributed by atoms with E-state index in [1.807, 2.05) is 26.0 Å². The summed E-state index contributed by atoms with van der Waals surface area (Å²) >= 11 is 1.49. The van der Waals surface area contributed by atoms with E-state index in [0.717, 1.165) is 51.7 Å². The van der Waals surface area contributed by atoms with Crippen LogP contribution in [0.2, 0.25) is 0 Å². The van der Waals surface area contributed by atoms with Crippen LogP contribution in [0.5, 0.6) is 0 Å².